The van der Waals surface area contributed by atoms with E-state index in [-0.39, 0.29) is 0 Å². The Balaban J connectivity index is 2.45. The van der Waals surface area contributed by atoms with Crippen LogP contribution < -0.4 is 0 Å². The first kappa shape index (κ1) is 13.5. The Hall–Kier alpha value is -0.930. The number of rotatable bonds is 3. The van der Waals surface area contributed by atoms with E-state index >= 15 is 0 Å². The van der Waals surface area contributed by atoms with E-state index in [2.05, 4.69) is 39.7 Å². The van der Waals surface area contributed by atoms with Crippen LogP contribution in [0.15, 0.2) is 34.8 Å². The molecule has 0 aliphatic heterocycles. The third-order valence-electron chi connectivity index (χ3n) is 2.48. The van der Waals surface area contributed by atoms with Gasteiger partial charge in [-0.05, 0) is 24.5 Å². The van der Waals surface area contributed by atoms with E-state index in [1.54, 1.807) is 0 Å². The monoisotopic (exact) mass is 324 g/mol. The van der Waals surface area contributed by atoms with Gasteiger partial charge in [0.25, 0.3) is 0 Å². The lowest BCUT2D eigenvalue weighted by atomic mass is 10.1. The highest BCUT2D eigenvalue weighted by Gasteiger charge is 2.09. The quantitative estimate of drug-likeness (QED) is 0.760. The molecule has 0 N–H and O–H groups in total. The third kappa shape index (κ3) is 3.30. The Kier molecular flexibility index (Phi) is 4.36. The molecular weight excluding hydrogens is 312 g/mol. The van der Waals surface area contributed by atoms with Gasteiger partial charge < -0.3 is 0 Å². The van der Waals surface area contributed by atoms with E-state index in [1.807, 2.05) is 30.3 Å². The number of aromatic nitrogens is 2. The zero-order valence-corrected chi connectivity index (χ0v) is 12.7. The predicted octanol–water partition coefficient (Wildman–Crippen LogP) is 4.76. The Morgan fingerprint density at radius 2 is 1.94 bits per heavy atom. The lowest BCUT2D eigenvalue weighted by Crippen LogP contribution is -2.01. The summed E-state index contributed by atoms with van der Waals surface area (Å²) < 4.78 is 0.975. The molecule has 4 heteroatoms. The molecule has 1 aromatic heterocycles. The zero-order valence-electron chi connectivity index (χ0n) is 10.3. The summed E-state index contributed by atoms with van der Waals surface area (Å²) in [5.41, 5.74) is 1.95. The average molecular weight is 326 g/mol. The minimum atomic E-state index is 0.492. The first-order chi connectivity index (χ1) is 8.56. The van der Waals surface area contributed by atoms with E-state index < -0.39 is 0 Å². The Morgan fingerprint density at radius 3 is 2.61 bits per heavy atom. The van der Waals surface area contributed by atoms with Crippen LogP contribution in [0.5, 0.6) is 0 Å². The fourth-order valence-electron chi connectivity index (χ4n) is 1.75. The van der Waals surface area contributed by atoms with Gasteiger partial charge in [-0.15, -0.1) is 0 Å². The Bertz CT molecular complexity index is 555. The third-order valence-corrected chi connectivity index (χ3v) is 3.37. The molecule has 2 nitrogen and oxygen atoms in total. The highest BCUT2D eigenvalue weighted by Crippen LogP contribution is 2.26. The summed E-state index contributed by atoms with van der Waals surface area (Å²) in [7, 11) is 0. The smallest absolute Gasteiger partial charge is 0.162 e. The molecule has 0 spiro atoms. The van der Waals surface area contributed by atoms with Gasteiger partial charge in [-0.2, -0.15) is 0 Å². The molecule has 2 rings (SSSR count). The summed E-state index contributed by atoms with van der Waals surface area (Å²) in [6.07, 6.45) is 0.902. The number of benzene rings is 1. The molecule has 0 bridgehead atoms. The van der Waals surface area contributed by atoms with Crippen molar-refractivity contribution >= 4 is 27.5 Å². The van der Waals surface area contributed by atoms with E-state index in [0.29, 0.717) is 16.9 Å². The van der Waals surface area contributed by atoms with Crippen molar-refractivity contribution in [3.8, 4) is 11.4 Å². The largest absolute Gasteiger partial charge is 0.233 e. The van der Waals surface area contributed by atoms with E-state index in [9.17, 15) is 0 Å². The normalized spacial score (nSPS) is 10.9. The molecule has 0 saturated heterocycles. The van der Waals surface area contributed by atoms with Crippen LogP contribution in [0.2, 0.25) is 5.15 Å². The van der Waals surface area contributed by atoms with Crippen LogP contribution in [0, 0.1) is 5.92 Å². The number of hydrogen-bond acceptors (Lipinski definition) is 2. The van der Waals surface area contributed by atoms with Gasteiger partial charge in [0.15, 0.2) is 5.82 Å². The SMILES string of the molecule is CC(C)Cc1cc(Cl)nc(-c2ccccc2Br)n1. The van der Waals surface area contributed by atoms with Gasteiger partial charge in [0.2, 0.25) is 0 Å². The van der Waals surface area contributed by atoms with E-state index in [4.69, 9.17) is 11.6 Å². The second-order valence-corrected chi connectivity index (χ2v) is 5.83. The van der Waals surface area contributed by atoms with Crippen molar-refractivity contribution in [3.05, 3.63) is 45.7 Å². The van der Waals surface area contributed by atoms with E-state index in [0.717, 1.165) is 22.2 Å². The van der Waals surface area contributed by atoms with Gasteiger partial charge in [-0.3, -0.25) is 0 Å². The van der Waals surface area contributed by atoms with Crippen LogP contribution >= 0.6 is 27.5 Å². The fourth-order valence-corrected chi connectivity index (χ4v) is 2.42. The van der Waals surface area contributed by atoms with Crippen LogP contribution in [0.3, 0.4) is 0 Å². The molecule has 0 radical (unpaired) electrons. The Morgan fingerprint density at radius 1 is 1.22 bits per heavy atom. The molecule has 0 fully saturated rings. The van der Waals surface area contributed by atoms with Gasteiger partial charge >= 0.3 is 0 Å². The van der Waals surface area contributed by atoms with Gasteiger partial charge in [0.05, 0.1) is 0 Å². The van der Waals surface area contributed by atoms with Crippen LogP contribution in [0.1, 0.15) is 19.5 Å². The Labute approximate surface area is 121 Å². The molecular formula is C14H14BrClN2. The van der Waals surface area contributed by atoms with Crippen LogP contribution in [-0.2, 0) is 6.42 Å². The maximum absolute atomic E-state index is 6.07. The van der Waals surface area contributed by atoms with Crippen molar-refractivity contribution in [3.63, 3.8) is 0 Å². The topological polar surface area (TPSA) is 25.8 Å². The van der Waals surface area contributed by atoms with Crippen molar-refractivity contribution in [2.75, 3.05) is 0 Å². The highest BCUT2D eigenvalue weighted by atomic mass is 79.9. The van der Waals surface area contributed by atoms with Crippen molar-refractivity contribution in [1.82, 2.24) is 9.97 Å². The van der Waals surface area contributed by atoms with Gasteiger partial charge in [0.1, 0.15) is 5.15 Å². The summed E-state index contributed by atoms with van der Waals surface area (Å²) in [6, 6.07) is 9.72. The maximum Gasteiger partial charge on any atom is 0.162 e. The molecule has 0 atom stereocenters. The van der Waals surface area contributed by atoms with Crippen molar-refractivity contribution < 1.29 is 0 Å². The molecule has 1 aromatic carbocycles. The first-order valence-electron chi connectivity index (χ1n) is 5.84. The van der Waals surface area contributed by atoms with Crippen molar-refractivity contribution in [2.45, 2.75) is 20.3 Å². The summed E-state index contributed by atoms with van der Waals surface area (Å²) in [4.78, 5) is 8.88. The van der Waals surface area contributed by atoms with E-state index in [1.165, 1.54) is 0 Å². The summed E-state index contributed by atoms with van der Waals surface area (Å²) in [6.45, 7) is 4.32. The molecule has 0 aliphatic carbocycles. The fraction of sp³-hybridized carbons (Fsp3) is 0.286. The zero-order chi connectivity index (χ0) is 13.1. The second kappa shape index (κ2) is 5.81. The van der Waals surface area contributed by atoms with Crippen LogP contribution in [0.25, 0.3) is 11.4 Å². The number of halogens is 2. The van der Waals surface area contributed by atoms with Crippen molar-refractivity contribution in [1.29, 1.82) is 0 Å². The van der Waals surface area contributed by atoms with Crippen LogP contribution in [0.4, 0.5) is 0 Å². The number of hydrogen-bond donors (Lipinski definition) is 0. The minimum absolute atomic E-state index is 0.492. The molecule has 94 valence electrons. The maximum atomic E-state index is 6.07. The molecule has 0 amide bonds. The standard InChI is InChI=1S/C14H14BrClN2/c1-9(2)7-10-8-13(16)18-14(17-10)11-5-3-4-6-12(11)15/h3-6,8-9H,7H2,1-2H3. The second-order valence-electron chi connectivity index (χ2n) is 4.58. The number of nitrogens with zero attached hydrogens (tertiary/aromatic N) is 2. The lowest BCUT2D eigenvalue weighted by molar-refractivity contribution is 0.634. The van der Waals surface area contributed by atoms with Gasteiger partial charge in [-0.25, -0.2) is 9.97 Å². The molecule has 0 unspecified atom stereocenters. The lowest BCUT2D eigenvalue weighted by Gasteiger charge is -2.08. The van der Waals surface area contributed by atoms with Crippen LogP contribution in [-0.4, -0.2) is 9.97 Å². The van der Waals surface area contributed by atoms with Gasteiger partial charge in [0, 0.05) is 15.7 Å². The summed E-state index contributed by atoms with van der Waals surface area (Å²) in [5.74, 6) is 1.22. The molecule has 0 saturated carbocycles. The summed E-state index contributed by atoms with van der Waals surface area (Å²) in [5, 5.41) is 0.492. The molecule has 0 aliphatic rings. The van der Waals surface area contributed by atoms with Gasteiger partial charge in [-0.1, -0.05) is 59.6 Å². The summed E-state index contributed by atoms with van der Waals surface area (Å²) >= 11 is 9.58. The van der Waals surface area contributed by atoms with Crippen molar-refractivity contribution in [2.24, 2.45) is 5.92 Å². The first-order valence-corrected chi connectivity index (χ1v) is 7.01. The highest BCUT2D eigenvalue weighted by molar-refractivity contribution is 9.10. The average Bonchev–Trinajstić information content (AvgIpc) is 2.27. The molecule has 1 heterocycles. The predicted molar refractivity (Wildman–Crippen MR) is 78.7 cm³/mol. The molecule has 2 aromatic rings. The molecule has 18 heavy (non-hydrogen) atoms. The minimum Gasteiger partial charge on any atom is -0.233 e.